The summed E-state index contributed by atoms with van der Waals surface area (Å²) in [5.41, 5.74) is -1.28. The summed E-state index contributed by atoms with van der Waals surface area (Å²) in [5.74, 6) is -2.63. The van der Waals surface area contributed by atoms with Crippen LogP contribution in [0.5, 0.6) is 0 Å². The third kappa shape index (κ3) is 4.70. The van der Waals surface area contributed by atoms with Gasteiger partial charge in [0.25, 0.3) is 0 Å². The lowest BCUT2D eigenvalue weighted by Crippen LogP contribution is -2.55. The number of benzene rings is 1. The van der Waals surface area contributed by atoms with Crippen LogP contribution in [0.3, 0.4) is 0 Å². The number of hydrogen-bond acceptors (Lipinski definition) is 2. The number of nitrogens with one attached hydrogen (secondary N) is 2. The number of carbonyl (C=O) groups excluding carboxylic acids is 1. The minimum atomic E-state index is -1.39. The Kier molecular flexibility index (Phi) is 5.63. The fourth-order valence-corrected chi connectivity index (χ4v) is 1.86. The van der Waals surface area contributed by atoms with Crippen molar-refractivity contribution >= 4 is 12.0 Å². The molecule has 0 radical (unpaired) electrons. The maximum atomic E-state index is 13.4. The lowest BCUT2D eigenvalue weighted by molar-refractivity contribution is -0.144. The minimum Gasteiger partial charge on any atom is -0.480 e. The van der Waals surface area contributed by atoms with Gasteiger partial charge in [0.05, 0.1) is 0 Å². The molecule has 0 bridgehead atoms. The zero-order chi connectivity index (χ0) is 16.0. The van der Waals surface area contributed by atoms with Crippen LogP contribution in [0.25, 0.3) is 0 Å². The van der Waals surface area contributed by atoms with Gasteiger partial charge in [-0.25, -0.2) is 18.4 Å². The van der Waals surface area contributed by atoms with E-state index < -0.39 is 29.2 Å². The van der Waals surface area contributed by atoms with Gasteiger partial charge in [-0.3, -0.25) is 0 Å². The molecule has 0 spiro atoms. The van der Waals surface area contributed by atoms with Gasteiger partial charge in [0, 0.05) is 18.2 Å². The molecule has 1 unspecified atom stereocenters. The number of carboxylic acids is 1. The molecule has 1 atom stereocenters. The number of hydrogen-bond donors (Lipinski definition) is 3. The minimum absolute atomic E-state index is 0.110. The maximum Gasteiger partial charge on any atom is 0.329 e. The first-order chi connectivity index (χ1) is 9.78. The van der Waals surface area contributed by atoms with Crippen LogP contribution in [0, 0.1) is 11.6 Å². The summed E-state index contributed by atoms with van der Waals surface area (Å²) in [5, 5.41) is 13.8. The van der Waals surface area contributed by atoms with E-state index in [1.807, 2.05) is 0 Å². The number of halogens is 2. The second kappa shape index (κ2) is 7.01. The molecule has 0 aromatic heterocycles. The van der Waals surface area contributed by atoms with Gasteiger partial charge in [0.15, 0.2) is 0 Å². The molecule has 21 heavy (non-hydrogen) atoms. The van der Waals surface area contributed by atoms with Gasteiger partial charge in [0.2, 0.25) is 0 Å². The molecular formula is C14H18F2N2O3. The van der Waals surface area contributed by atoms with Crippen molar-refractivity contribution in [3.63, 3.8) is 0 Å². The number of carboxylic acid groups (broad SMARTS) is 1. The number of carbonyl (C=O) groups is 2. The van der Waals surface area contributed by atoms with Crippen molar-refractivity contribution < 1.29 is 23.5 Å². The summed E-state index contributed by atoms with van der Waals surface area (Å²) in [6.07, 6.45) is 0.844. The number of rotatable bonds is 6. The number of urea groups is 1. The molecule has 1 aromatic carbocycles. The van der Waals surface area contributed by atoms with Crippen molar-refractivity contribution in [1.29, 1.82) is 0 Å². The highest BCUT2D eigenvalue weighted by molar-refractivity contribution is 5.85. The first kappa shape index (κ1) is 16.9. The Morgan fingerprint density at radius 3 is 2.52 bits per heavy atom. The van der Waals surface area contributed by atoms with Crippen LogP contribution in [0.15, 0.2) is 18.2 Å². The molecule has 3 N–H and O–H groups in total. The summed E-state index contributed by atoms with van der Waals surface area (Å²) >= 11 is 0. The maximum absolute atomic E-state index is 13.4. The average Bonchev–Trinajstić information content (AvgIpc) is 2.37. The SMILES string of the molecule is CCCC(C)(NC(=O)NCc1ccc(F)cc1F)C(=O)O. The van der Waals surface area contributed by atoms with Gasteiger partial charge in [-0.15, -0.1) is 0 Å². The van der Waals surface area contributed by atoms with Crippen molar-refractivity contribution in [2.24, 2.45) is 0 Å². The quantitative estimate of drug-likeness (QED) is 0.755. The highest BCUT2D eigenvalue weighted by Crippen LogP contribution is 2.13. The first-order valence-electron chi connectivity index (χ1n) is 6.52. The lowest BCUT2D eigenvalue weighted by Gasteiger charge is -2.25. The second-order valence-electron chi connectivity index (χ2n) is 4.93. The highest BCUT2D eigenvalue weighted by atomic mass is 19.1. The van der Waals surface area contributed by atoms with E-state index in [1.54, 1.807) is 6.92 Å². The Morgan fingerprint density at radius 1 is 1.33 bits per heavy atom. The summed E-state index contributed by atoms with van der Waals surface area (Å²) in [4.78, 5) is 22.9. The Morgan fingerprint density at radius 2 is 2.00 bits per heavy atom. The van der Waals surface area contributed by atoms with Crippen LogP contribution in [0.2, 0.25) is 0 Å². The average molecular weight is 300 g/mol. The molecule has 7 heteroatoms. The normalized spacial score (nSPS) is 13.3. The van der Waals surface area contributed by atoms with Crippen molar-refractivity contribution in [2.75, 3.05) is 0 Å². The highest BCUT2D eigenvalue weighted by Gasteiger charge is 2.33. The van der Waals surface area contributed by atoms with Crippen LogP contribution in [-0.2, 0) is 11.3 Å². The molecule has 1 rings (SSSR count). The third-order valence-corrected chi connectivity index (χ3v) is 3.07. The molecule has 5 nitrogen and oxygen atoms in total. The molecule has 116 valence electrons. The van der Waals surface area contributed by atoms with E-state index in [9.17, 15) is 18.4 Å². The second-order valence-corrected chi connectivity index (χ2v) is 4.93. The van der Waals surface area contributed by atoms with E-state index in [4.69, 9.17) is 5.11 Å². The van der Waals surface area contributed by atoms with Crippen LogP contribution in [-0.4, -0.2) is 22.6 Å². The molecule has 0 saturated heterocycles. The van der Waals surface area contributed by atoms with Gasteiger partial charge >= 0.3 is 12.0 Å². The molecule has 0 heterocycles. The van der Waals surface area contributed by atoms with Gasteiger partial charge in [-0.2, -0.15) is 0 Å². The predicted octanol–water partition coefficient (Wildman–Crippen LogP) is 2.41. The zero-order valence-electron chi connectivity index (χ0n) is 11.9. The molecule has 0 aliphatic heterocycles. The van der Waals surface area contributed by atoms with Crippen molar-refractivity contribution in [3.05, 3.63) is 35.4 Å². The summed E-state index contributed by atoms with van der Waals surface area (Å²) in [6.45, 7) is 3.03. The van der Waals surface area contributed by atoms with E-state index in [-0.39, 0.29) is 18.5 Å². The number of amides is 2. The fourth-order valence-electron chi connectivity index (χ4n) is 1.86. The van der Waals surface area contributed by atoms with E-state index in [0.717, 1.165) is 6.07 Å². The third-order valence-electron chi connectivity index (χ3n) is 3.07. The van der Waals surface area contributed by atoms with E-state index in [0.29, 0.717) is 12.5 Å². The standard InChI is InChI=1S/C14H18F2N2O3/c1-3-6-14(2,12(19)20)18-13(21)17-8-9-4-5-10(15)7-11(9)16/h4-5,7H,3,6,8H2,1-2H3,(H,19,20)(H2,17,18,21). The summed E-state index contributed by atoms with van der Waals surface area (Å²) in [6, 6.07) is 2.29. The monoisotopic (exact) mass is 300 g/mol. The summed E-state index contributed by atoms with van der Waals surface area (Å²) in [7, 11) is 0. The Bertz CT molecular complexity index is 537. The van der Waals surface area contributed by atoms with Gasteiger partial charge in [-0.1, -0.05) is 19.4 Å². The molecule has 0 aliphatic rings. The molecule has 2 amide bonds. The van der Waals surface area contributed by atoms with Gasteiger partial charge in [-0.05, 0) is 19.4 Å². The topological polar surface area (TPSA) is 78.4 Å². The predicted molar refractivity (Wildman–Crippen MR) is 72.7 cm³/mol. The smallest absolute Gasteiger partial charge is 0.329 e. The Balaban J connectivity index is 2.63. The van der Waals surface area contributed by atoms with Crippen LogP contribution < -0.4 is 10.6 Å². The van der Waals surface area contributed by atoms with Crippen LogP contribution in [0.1, 0.15) is 32.3 Å². The molecule has 0 saturated carbocycles. The van der Waals surface area contributed by atoms with Crippen molar-refractivity contribution in [3.8, 4) is 0 Å². The zero-order valence-corrected chi connectivity index (χ0v) is 11.9. The number of aliphatic carboxylic acids is 1. The molecule has 0 fully saturated rings. The van der Waals surface area contributed by atoms with Crippen LogP contribution in [0.4, 0.5) is 13.6 Å². The van der Waals surface area contributed by atoms with E-state index >= 15 is 0 Å². The summed E-state index contributed by atoms with van der Waals surface area (Å²) < 4.78 is 26.1. The van der Waals surface area contributed by atoms with Gasteiger partial charge in [0.1, 0.15) is 17.2 Å². The molecular weight excluding hydrogens is 282 g/mol. The van der Waals surface area contributed by atoms with E-state index in [2.05, 4.69) is 10.6 Å². The molecule has 1 aromatic rings. The van der Waals surface area contributed by atoms with Crippen molar-refractivity contribution in [1.82, 2.24) is 10.6 Å². The Hall–Kier alpha value is -2.18. The van der Waals surface area contributed by atoms with Gasteiger partial charge < -0.3 is 15.7 Å². The van der Waals surface area contributed by atoms with E-state index in [1.165, 1.54) is 13.0 Å². The van der Waals surface area contributed by atoms with Crippen LogP contribution >= 0.6 is 0 Å². The first-order valence-corrected chi connectivity index (χ1v) is 6.52. The largest absolute Gasteiger partial charge is 0.480 e. The fraction of sp³-hybridized carbons (Fsp3) is 0.429. The van der Waals surface area contributed by atoms with Crippen molar-refractivity contribution in [2.45, 2.75) is 38.8 Å². The molecule has 0 aliphatic carbocycles. The lowest BCUT2D eigenvalue weighted by atomic mass is 9.97. The Labute approximate surface area is 121 Å².